The van der Waals surface area contributed by atoms with Gasteiger partial charge in [-0.3, -0.25) is 4.99 Å². The largest absolute Gasteiger partial charge is 0.485 e. The van der Waals surface area contributed by atoms with E-state index in [4.69, 9.17) is 17.3 Å². The maximum Gasteiger partial charge on any atom is 0.189 e. The zero-order chi connectivity index (χ0) is 11.0. The van der Waals surface area contributed by atoms with Crippen LogP contribution in [0, 0.1) is 0 Å². The second-order valence-electron chi connectivity index (χ2n) is 3.82. The number of hydrogen-bond acceptors (Lipinski definition) is 4. The minimum atomic E-state index is -0.126. The van der Waals surface area contributed by atoms with E-state index in [1.807, 2.05) is 6.07 Å². The van der Waals surface area contributed by atoms with Crippen LogP contribution < -0.4 is 20.3 Å². The Labute approximate surface area is 95.1 Å². The first-order valence-electron chi connectivity index (χ1n) is 5.30. The van der Waals surface area contributed by atoms with Gasteiger partial charge in [0.15, 0.2) is 17.6 Å². The van der Waals surface area contributed by atoms with Crippen molar-refractivity contribution < 1.29 is 9.47 Å². The Morgan fingerprint density at radius 3 is 3.12 bits per heavy atom. The predicted molar refractivity (Wildman–Crippen MR) is 62.0 cm³/mol. The van der Waals surface area contributed by atoms with Gasteiger partial charge in [0.05, 0.1) is 6.54 Å². The SMILES string of the molecule is [B]c1ccc2c(c1)OCC(C1=NCCN1)O2. The molecule has 0 bridgehead atoms. The van der Waals surface area contributed by atoms with Crippen molar-refractivity contribution in [2.24, 2.45) is 4.99 Å². The van der Waals surface area contributed by atoms with E-state index < -0.39 is 0 Å². The molecule has 5 heteroatoms. The number of hydrogen-bond donors (Lipinski definition) is 1. The molecule has 1 atom stereocenters. The lowest BCUT2D eigenvalue weighted by Gasteiger charge is -2.26. The van der Waals surface area contributed by atoms with Crippen molar-refractivity contribution in [2.75, 3.05) is 19.7 Å². The second kappa shape index (κ2) is 3.74. The molecule has 1 aromatic rings. The summed E-state index contributed by atoms with van der Waals surface area (Å²) in [5.41, 5.74) is 0.678. The summed E-state index contributed by atoms with van der Waals surface area (Å²) in [4.78, 5) is 4.33. The number of benzene rings is 1. The highest BCUT2D eigenvalue weighted by atomic mass is 16.6. The van der Waals surface area contributed by atoms with Crippen LogP contribution in [0.3, 0.4) is 0 Å². The van der Waals surface area contributed by atoms with Gasteiger partial charge in [-0.25, -0.2) is 0 Å². The average Bonchev–Trinajstić information content (AvgIpc) is 2.82. The molecule has 0 aliphatic carbocycles. The van der Waals surface area contributed by atoms with Gasteiger partial charge in [0.2, 0.25) is 0 Å². The smallest absolute Gasteiger partial charge is 0.189 e. The van der Waals surface area contributed by atoms with E-state index in [1.54, 1.807) is 12.1 Å². The highest BCUT2D eigenvalue weighted by Gasteiger charge is 2.26. The van der Waals surface area contributed by atoms with Crippen molar-refractivity contribution in [1.82, 2.24) is 5.32 Å². The third-order valence-corrected chi connectivity index (χ3v) is 2.63. The van der Waals surface area contributed by atoms with Gasteiger partial charge in [0.1, 0.15) is 20.3 Å². The Morgan fingerprint density at radius 1 is 1.38 bits per heavy atom. The fourth-order valence-corrected chi connectivity index (χ4v) is 1.85. The molecule has 0 aromatic heterocycles. The first-order valence-corrected chi connectivity index (χ1v) is 5.30. The van der Waals surface area contributed by atoms with Crippen molar-refractivity contribution in [1.29, 1.82) is 0 Å². The fraction of sp³-hybridized carbons (Fsp3) is 0.364. The minimum absolute atomic E-state index is 0.126. The zero-order valence-corrected chi connectivity index (χ0v) is 8.77. The van der Waals surface area contributed by atoms with Gasteiger partial charge >= 0.3 is 0 Å². The quantitative estimate of drug-likeness (QED) is 0.648. The van der Waals surface area contributed by atoms with Crippen LogP contribution in [0.2, 0.25) is 0 Å². The zero-order valence-electron chi connectivity index (χ0n) is 8.77. The van der Waals surface area contributed by atoms with Crippen LogP contribution in [0.15, 0.2) is 23.2 Å². The Morgan fingerprint density at radius 2 is 2.31 bits per heavy atom. The standard InChI is InChI=1S/C11H11BN2O2/c12-7-1-2-8-9(5-7)15-6-10(16-8)11-13-3-4-14-11/h1-2,5,10H,3-4,6H2,(H,13,14). The molecule has 2 heterocycles. The van der Waals surface area contributed by atoms with Gasteiger partial charge in [0, 0.05) is 6.54 Å². The van der Waals surface area contributed by atoms with E-state index in [0.717, 1.165) is 24.7 Å². The summed E-state index contributed by atoms with van der Waals surface area (Å²) in [7, 11) is 5.67. The summed E-state index contributed by atoms with van der Waals surface area (Å²) in [5, 5.41) is 3.19. The third kappa shape index (κ3) is 1.62. The van der Waals surface area contributed by atoms with Gasteiger partial charge in [-0.15, -0.1) is 0 Å². The summed E-state index contributed by atoms with van der Waals surface area (Å²) in [6.45, 7) is 2.16. The molecule has 0 spiro atoms. The number of nitrogens with one attached hydrogen (secondary N) is 1. The van der Waals surface area contributed by atoms with Crippen molar-refractivity contribution in [3.05, 3.63) is 18.2 Å². The topological polar surface area (TPSA) is 42.8 Å². The summed E-state index contributed by atoms with van der Waals surface area (Å²) in [6, 6.07) is 5.40. The maximum absolute atomic E-state index is 5.80. The normalized spacial score (nSPS) is 22.5. The Bertz CT molecular complexity index is 448. The van der Waals surface area contributed by atoms with Crippen LogP contribution in [-0.4, -0.2) is 39.5 Å². The van der Waals surface area contributed by atoms with Crippen molar-refractivity contribution >= 4 is 19.1 Å². The monoisotopic (exact) mass is 214 g/mol. The summed E-state index contributed by atoms with van der Waals surface area (Å²) in [5.74, 6) is 2.30. The van der Waals surface area contributed by atoms with Crippen LogP contribution in [0.4, 0.5) is 0 Å². The molecule has 2 aliphatic rings. The first kappa shape index (κ1) is 9.57. The molecule has 0 saturated heterocycles. The number of ether oxygens (including phenoxy) is 2. The number of aliphatic imine (C=N–C) groups is 1. The molecular formula is C11H11BN2O2. The van der Waals surface area contributed by atoms with Crippen LogP contribution in [-0.2, 0) is 0 Å². The van der Waals surface area contributed by atoms with Gasteiger partial charge in [0.25, 0.3) is 0 Å². The first-order chi connectivity index (χ1) is 7.83. The van der Waals surface area contributed by atoms with E-state index in [0.29, 0.717) is 17.8 Å². The number of amidine groups is 1. The Hall–Kier alpha value is -1.65. The van der Waals surface area contributed by atoms with Crippen molar-refractivity contribution in [2.45, 2.75) is 6.10 Å². The Balaban J connectivity index is 1.83. The molecule has 0 amide bonds. The summed E-state index contributed by atoms with van der Waals surface area (Å²) < 4.78 is 11.4. The van der Waals surface area contributed by atoms with Gasteiger partial charge in [-0.2, -0.15) is 0 Å². The van der Waals surface area contributed by atoms with Gasteiger partial charge < -0.3 is 14.8 Å². The molecule has 2 radical (unpaired) electrons. The Kier molecular flexibility index (Phi) is 2.24. The highest BCUT2D eigenvalue weighted by molar-refractivity contribution is 6.32. The molecule has 1 N–H and O–H groups in total. The van der Waals surface area contributed by atoms with Gasteiger partial charge in [-0.05, 0) is 12.1 Å². The minimum Gasteiger partial charge on any atom is -0.485 e. The van der Waals surface area contributed by atoms with Gasteiger partial charge in [-0.1, -0.05) is 11.5 Å². The third-order valence-electron chi connectivity index (χ3n) is 2.63. The molecule has 1 aromatic carbocycles. The molecule has 80 valence electrons. The van der Waals surface area contributed by atoms with E-state index in [9.17, 15) is 0 Å². The molecular weight excluding hydrogens is 203 g/mol. The summed E-state index contributed by atoms with van der Waals surface area (Å²) in [6.07, 6.45) is -0.126. The number of nitrogens with zero attached hydrogens (tertiary/aromatic N) is 1. The van der Waals surface area contributed by atoms with Crippen LogP contribution in [0.5, 0.6) is 11.5 Å². The lowest BCUT2D eigenvalue weighted by molar-refractivity contribution is 0.133. The van der Waals surface area contributed by atoms with E-state index >= 15 is 0 Å². The van der Waals surface area contributed by atoms with Crippen LogP contribution in [0.25, 0.3) is 0 Å². The molecule has 2 aliphatic heterocycles. The van der Waals surface area contributed by atoms with E-state index in [-0.39, 0.29) is 6.10 Å². The molecule has 0 fully saturated rings. The molecule has 1 unspecified atom stereocenters. The molecule has 0 saturated carbocycles. The lowest BCUT2D eigenvalue weighted by atomic mass is 9.96. The van der Waals surface area contributed by atoms with Crippen molar-refractivity contribution in [3.63, 3.8) is 0 Å². The molecule has 16 heavy (non-hydrogen) atoms. The van der Waals surface area contributed by atoms with E-state index in [2.05, 4.69) is 10.3 Å². The maximum atomic E-state index is 5.80. The fourth-order valence-electron chi connectivity index (χ4n) is 1.85. The lowest BCUT2D eigenvalue weighted by Crippen LogP contribution is -2.42. The number of rotatable bonds is 1. The molecule has 4 nitrogen and oxygen atoms in total. The second-order valence-corrected chi connectivity index (χ2v) is 3.82. The van der Waals surface area contributed by atoms with E-state index in [1.165, 1.54) is 0 Å². The van der Waals surface area contributed by atoms with Crippen LogP contribution in [0.1, 0.15) is 0 Å². The van der Waals surface area contributed by atoms with Crippen LogP contribution >= 0.6 is 0 Å². The van der Waals surface area contributed by atoms with Crippen molar-refractivity contribution in [3.8, 4) is 11.5 Å². The number of fused-ring (bicyclic) bond motifs is 1. The predicted octanol–water partition coefficient (Wildman–Crippen LogP) is -0.378. The summed E-state index contributed by atoms with van der Waals surface area (Å²) >= 11 is 0. The molecule has 3 rings (SSSR count). The highest BCUT2D eigenvalue weighted by Crippen LogP contribution is 2.30. The average molecular weight is 214 g/mol.